The molecular weight excluding hydrogens is 104 g/mol. The predicted octanol–water partition coefficient (Wildman–Crippen LogP) is -0.246. The molecule has 0 unspecified atom stereocenters. The van der Waals surface area contributed by atoms with Crippen molar-refractivity contribution in [2.75, 3.05) is 19.8 Å². The topological polar surface area (TPSA) is 32.3 Å². The van der Waals surface area contributed by atoms with Crippen molar-refractivity contribution < 1.29 is 9.84 Å². The summed E-state index contributed by atoms with van der Waals surface area (Å²) in [5, 5.41) is 9.74. The van der Waals surface area contributed by atoms with Crippen LogP contribution < -0.4 is 5.11 Å². The fraction of sp³-hybridized carbons (Fsp3) is 0.500. The van der Waals surface area contributed by atoms with Crippen molar-refractivity contribution in [2.24, 2.45) is 0 Å². The highest BCUT2D eigenvalue weighted by molar-refractivity contribution is 4.97. The molecule has 0 aromatic carbocycles. The smallest absolute Gasteiger partial charge is 0.122 e. The van der Waals surface area contributed by atoms with Crippen molar-refractivity contribution in [1.29, 1.82) is 0 Å². The van der Waals surface area contributed by atoms with Crippen molar-refractivity contribution in [3.8, 4) is 0 Å². The molecule has 0 aromatic heterocycles. The van der Waals surface area contributed by atoms with E-state index in [0.717, 1.165) is 0 Å². The lowest BCUT2D eigenvalue weighted by Crippen LogP contribution is -2.13. The van der Waals surface area contributed by atoms with Gasteiger partial charge in [0.15, 0.2) is 0 Å². The van der Waals surface area contributed by atoms with E-state index in [0.29, 0.717) is 12.2 Å². The van der Waals surface area contributed by atoms with Crippen LogP contribution in [0, 0.1) is 6.92 Å². The van der Waals surface area contributed by atoms with Crippen molar-refractivity contribution >= 4 is 0 Å². The van der Waals surface area contributed by atoms with Gasteiger partial charge in [-0.25, -0.2) is 0 Å². The maximum Gasteiger partial charge on any atom is 0.122 e. The summed E-state index contributed by atoms with van der Waals surface area (Å²) in [6, 6.07) is 0. The Kier molecular flexibility index (Phi) is 4.41. The van der Waals surface area contributed by atoms with Crippen LogP contribution >= 0.6 is 0 Å². The molecule has 0 saturated carbocycles. The fourth-order valence-electron chi connectivity index (χ4n) is 0.275. The van der Waals surface area contributed by atoms with Crippen LogP contribution in [-0.4, -0.2) is 19.8 Å². The first kappa shape index (κ1) is 7.53. The highest BCUT2D eigenvalue weighted by Gasteiger charge is 1.88. The van der Waals surface area contributed by atoms with Gasteiger partial charge in [-0.3, -0.25) is 0 Å². The van der Waals surface area contributed by atoms with Crippen LogP contribution in [0.15, 0.2) is 12.2 Å². The molecule has 0 rings (SSSR count). The van der Waals surface area contributed by atoms with Gasteiger partial charge in [-0.1, -0.05) is 0 Å². The van der Waals surface area contributed by atoms with E-state index < -0.39 is 0 Å². The lowest BCUT2D eigenvalue weighted by atomic mass is 10.4. The van der Waals surface area contributed by atoms with Crippen LogP contribution in [0.5, 0.6) is 0 Å². The lowest BCUT2D eigenvalue weighted by Gasteiger charge is -2.01. The van der Waals surface area contributed by atoms with Crippen LogP contribution in [0.2, 0.25) is 0 Å². The second kappa shape index (κ2) is 4.68. The molecule has 0 aliphatic rings. The average molecular weight is 114 g/mol. The van der Waals surface area contributed by atoms with Gasteiger partial charge in [0.2, 0.25) is 0 Å². The predicted molar refractivity (Wildman–Crippen MR) is 30.2 cm³/mol. The molecule has 0 N–H and O–H groups in total. The molecule has 0 atom stereocenters. The largest absolute Gasteiger partial charge is 0.853 e. The second-order valence-corrected chi connectivity index (χ2v) is 1.51. The Morgan fingerprint density at radius 2 is 2.38 bits per heavy atom. The van der Waals surface area contributed by atoms with E-state index in [-0.39, 0.29) is 13.2 Å². The minimum atomic E-state index is -0.187. The maximum absolute atomic E-state index is 9.74. The first-order valence-electron chi connectivity index (χ1n) is 2.43. The molecule has 0 aromatic rings. The number of hydrogen-bond donors (Lipinski definition) is 0. The average Bonchev–Trinajstić information content (AvgIpc) is 1.66. The van der Waals surface area contributed by atoms with E-state index in [2.05, 4.69) is 13.5 Å². The van der Waals surface area contributed by atoms with Crippen LogP contribution in [0.1, 0.15) is 0 Å². The van der Waals surface area contributed by atoms with E-state index in [1.807, 2.05) is 0 Å². The van der Waals surface area contributed by atoms with E-state index >= 15 is 0 Å². The quantitative estimate of drug-likeness (QED) is 0.373. The minimum absolute atomic E-state index is 0.187. The van der Waals surface area contributed by atoms with Crippen LogP contribution in [0.3, 0.4) is 0 Å². The third-order valence-electron chi connectivity index (χ3n) is 0.534. The zero-order valence-corrected chi connectivity index (χ0v) is 4.85. The third kappa shape index (κ3) is 5.53. The minimum Gasteiger partial charge on any atom is -0.853 e. The van der Waals surface area contributed by atoms with E-state index in [9.17, 15) is 5.11 Å². The molecule has 46 valence electrons. The molecule has 0 amide bonds. The Morgan fingerprint density at radius 1 is 1.75 bits per heavy atom. The van der Waals surface area contributed by atoms with Gasteiger partial charge < -0.3 is 9.84 Å². The second-order valence-electron chi connectivity index (χ2n) is 1.51. The lowest BCUT2D eigenvalue weighted by molar-refractivity contribution is -0.373. The SMILES string of the molecule is C=C([CH2+])COCC[O-]. The summed E-state index contributed by atoms with van der Waals surface area (Å²) in [6.07, 6.45) is 0. The van der Waals surface area contributed by atoms with Crippen molar-refractivity contribution in [1.82, 2.24) is 0 Å². The summed E-state index contributed by atoms with van der Waals surface area (Å²) < 4.78 is 4.77. The fourth-order valence-corrected chi connectivity index (χ4v) is 0.275. The van der Waals surface area contributed by atoms with Crippen LogP contribution in [0.25, 0.3) is 0 Å². The van der Waals surface area contributed by atoms with Gasteiger partial charge in [-0.05, 0) is 0 Å². The summed E-state index contributed by atoms with van der Waals surface area (Å²) in [5.74, 6) is 0. The van der Waals surface area contributed by atoms with E-state index in [4.69, 9.17) is 4.74 Å². The van der Waals surface area contributed by atoms with Gasteiger partial charge in [0.05, 0.1) is 0 Å². The standard InChI is InChI=1S/C6H10O2/c1-6(2)5-8-4-3-7/h1-5H2. The number of hydrogen-bond acceptors (Lipinski definition) is 2. The molecule has 0 spiro atoms. The Balaban J connectivity index is 2.82. The molecule has 8 heavy (non-hydrogen) atoms. The molecule has 2 heteroatoms. The van der Waals surface area contributed by atoms with Crippen LogP contribution in [0.4, 0.5) is 0 Å². The highest BCUT2D eigenvalue weighted by Crippen LogP contribution is 1.84. The Bertz CT molecular complexity index is 68.9. The van der Waals surface area contributed by atoms with Gasteiger partial charge in [0, 0.05) is 20.1 Å². The van der Waals surface area contributed by atoms with E-state index in [1.54, 1.807) is 0 Å². The summed E-state index contributed by atoms with van der Waals surface area (Å²) in [4.78, 5) is 0. The summed E-state index contributed by atoms with van der Waals surface area (Å²) in [6.45, 7) is 7.45. The molecule has 0 radical (unpaired) electrons. The number of ether oxygens (including phenoxy) is 1. The van der Waals surface area contributed by atoms with Crippen molar-refractivity contribution in [3.63, 3.8) is 0 Å². The molecular formula is C6H10O2. The summed E-state index contributed by atoms with van der Waals surface area (Å²) >= 11 is 0. The van der Waals surface area contributed by atoms with Gasteiger partial charge in [0.25, 0.3) is 0 Å². The molecule has 0 saturated heterocycles. The summed E-state index contributed by atoms with van der Waals surface area (Å²) in [7, 11) is 0. The maximum atomic E-state index is 9.74. The molecule has 2 nitrogen and oxygen atoms in total. The Labute approximate surface area is 49.8 Å². The highest BCUT2D eigenvalue weighted by atomic mass is 16.5. The normalized spacial score (nSPS) is 9.12. The number of rotatable bonds is 4. The van der Waals surface area contributed by atoms with Gasteiger partial charge in [-0.2, -0.15) is 0 Å². The Hall–Kier alpha value is -0.470. The van der Waals surface area contributed by atoms with Gasteiger partial charge in [0.1, 0.15) is 12.2 Å². The zero-order chi connectivity index (χ0) is 6.41. The summed E-state index contributed by atoms with van der Waals surface area (Å²) in [5.41, 5.74) is 0.707. The van der Waals surface area contributed by atoms with Crippen LogP contribution in [-0.2, 0) is 4.74 Å². The third-order valence-corrected chi connectivity index (χ3v) is 0.534. The Morgan fingerprint density at radius 3 is 2.75 bits per heavy atom. The van der Waals surface area contributed by atoms with Gasteiger partial charge >= 0.3 is 0 Å². The molecule has 0 aliphatic carbocycles. The van der Waals surface area contributed by atoms with Gasteiger partial charge in [-0.15, -0.1) is 6.61 Å². The molecule has 0 heterocycles. The molecule has 0 bridgehead atoms. The monoisotopic (exact) mass is 114 g/mol. The van der Waals surface area contributed by atoms with E-state index in [1.165, 1.54) is 0 Å². The van der Waals surface area contributed by atoms with Crippen molar-refractivity contribution in [2.45, 2.75) is 0 Å². The molecule has 0 aliphatic heterocycles. The first-order valence-corrected chi connectivity index (χ1v) is 2.43. The first-order chi connectivity index (χ1) is 3.77. The molecule has 0 fully saturated rings. The zero-order valence-electron chi connectivity index (χ0n) is 4.85. The van der Waals surface area contributed by atoms with Crippen molar-refractivity contribution in [3.05, 3.63) is 19.1 Å².